The highest BCUT2D eigenvalue weighted by Crippen LogP contribution is 2.27. The minimum absolute atomic E-state index is 0.174. The van der Waals surface area contributed by atoms with Crippen molar-refractivity contribution >= 4 is 17.8 Å². The number of amides is 3. The molecule has 6 heteroatoms. The molecule has 0 aromatic heterocycles. The highest BCUT2D eigenvalue weighted by Gasteiger charge is 2.35. The van der Waals surface area contributed by atoms with Crippen LogP contribution in [0.5, 0.6) is 0 Å². The van der Waals surface area contributed by atoms with Crippen LogP contribution in [0.15, 0.2) is 54.6 Å². The van der Waals surface area contributed by atoms with Crippen LogP contribution in [-0.4, -0.2) is 47.2 Å². The standard InChI is InChI=1S/C23H29N3O3/c1-17-10-12-19(13-11-17)24-21(27)26-15-14-25(22(28)29-23(2,3)4)16-20(26)18-8-6-5-7-9-18/h5-13,20H,14-16H2,1-4H3,(H,24,27). The van der Waals surface area contributed by atoms with E-state index in [4.69, 9.17) is 4.74 Å². The first-order valence-electron chi connectivity index (χ1n) is 9.90. The fraction of sp³-hybridized carbons (Fsp3) is 0.391. The first-order chi connectivity index (χ1) is 13.7. The molecular formula is C23H29N3O3. The molecule has 0 bridgehead atoms. The van der Waals surface area contributed by atoms with Gasteiger partial charge in [-0.15, -0.1) is 0 Å². The summed E-state index contributed by atoms with van der Waals surface area (Å²) in [6, 6.07) is 17.1. The van der Waals surface area contributed by atoms with E-state index in [-0.39, 0.29) is 18.2 Å². The maximum atomic E-state index is 13.0. The zero-order chi connectivity index (χ0) is 21.0. The van der Waals surface area contributed by atoms with Gasteiger partial charge in [0.2, 0.25) is 0 Å². The van der Waals surface area contributed by atoms with Gasteiger partial charge in [0.25, 0.3) is 0 Å². The molecule has 154 valence electrons. The molecule has 0 saturated carbocycles. The monoisotopic (exact) mass is 395 g/mol. The minimum atomic E-state index is -0.556. The molecule has 1 saturated heterocycles. The first-order valence-corrected chi connectivity index (χ1v) is 9.90. The molecule has 1 unspecified atom stereocenters. The van der Waals surface area contributed by atoms with Crippen molar-refractivity contribution in [1.29, 1.82) is 0 Å². The molecule has 29 heavy (non-hydrogen) atoms. The maximum Gasteiger partial charge on any atom is 0.410 e. The lowest BCUT2D eigenvalue weighted by Crippen LogP contribution is -2.54. The van der Waals surface area contributed by atoms with E-state index in [2.05, 4.69) is 5.32 Å². The molecule has 3 amide bonds. The van der Waals surface area contributed by atoms with Gasteiger partial charge in [-0.05, 0) is 45.4 Å². The highest BCUT2D eigenvalue weighted by molar-refractivity contribution is 5.90. The van der Waals surface area contributed by atoms with Gasteiger partial charge in [0, 0.05) is 25.3 Å². The summed E-state index contributed by atoms with van der Waals surface area (Å²) in [6.45, 7) is 8.81. The third-order valence-corrected chi connectivity index (χ3v) is 4.78. The summed E-state index contributed by atoms with van der Waals surface area (Å²) in [5, 5.41) is 2.97. The van der Waals surface area contributed by atoms with Gasteiger partial charge in [-0.25, -0.2) is 9.59 Å². The molecule has 0 aliphatic carbocycles. The number of anilines is 1. The SMILES string of the molecule is Cc1ccc(NC(=O)N2CCN(C(=O)OC(C)(C)C)CC2c2ccccc2)cc1. The van der Waals surface area contributed by atoms with Gasteiger partial charge in [0.1, 0.15) is 5.60 Å². The number of hydrogen-bond donors (Lipinski definition) is 1. The minimum Gasteiger partial charge on any atom is -0.444 e. The fourth-order valence-corrected chi connectivity index (χ4v) is 3.31. The van der Waals surface area contributed by atoms with Crippen molar-refractivity contribution < 1.29 is 14.3 Å². The van der Waals surface area contributed by atoms with Gasteiger partial charge in [-0.1, -0.05) is 48.0 Å². The average molecular weight is 396 g/mol. The van der Waals surface area contributed by atoms with Gasteiger partial charge in [0.15, 0.2) is 0 Å². The van der Waals surface area contributed by atoms with Crippen molar-refractivity contribution in [2.45, 2.75) is 39.3 Å². The third kappa shape index (κ3) is 5.50. The lowest BCUT2D eigenvalue weighted by atomic mass is 10.0. The summed E-state index contributed by atoms with van der Waals surface area (Å²) in [5.74, 6) is 0. The van der Waals surface area contributed by atoms with E-state index < -0.39 is 5.60 Å². The predicted molar refractivity (Wildman–Crippen MR) is 114 cm³/mol. The number of piperazine rings is 1. The summed E-state index contributed by atoms with van der Waals surface area (Å²) >= 11 is 0. The quantitative estimate of drug-likeness (QED) is 0.793. The Labute approximate surface area is 172 Å². The number of carbonyl (C=O) groups is 2. The van der Waals surface area contributed by atoms with Gasteiger partial charge >= 0.3 is 12.1 Å². The second-order valence-electron chi connectivity index (χ2n) is 8.34. The van der Waals surface area contributed by atoms with Crippen molar-refractivity contribution in [2.24, 2.45) is 0 Å². The summed E-state index contributed by atoms with van der Waals surface area (Å²) in [4.78, 5) is 29.1. The Balaban J connectivity index is 1.78. The molecule has 1 aliphatic heterocycles. The summed E-state index contributed by atoms with van der Waals surface area (Å²) < 4.78 is 5.53. The predicted octanol–water partition coefficient (Wildman–Crippen LogP) is 4.82. The zero-order valence-corrected chi connectivity index (χ0v) is 17.5. The van der Waals surface area contributed by atoms with Gasteiger partial charge in [0.05, 0.1) is 6.04 Å². The van der Waals surface area contributed by atoms with Crippen LogP contribution in [0.3, 0.4) is 0 Å². The van der Waals surface area contributed by atoms with E-state index >= 15 is 0 Å². The molecular weight excluding hydrogens is 366 g/mol. The number of hydrogen-bond acceptors (Lipinski definition) is 3. The molecule has 0 radical (unpaired) electrons. The van der Waals surface area contributed by atoms with Crippen molar-refractivity contribution in [3.8, 4) is 0 Å². The Morgan fingerprint density at radius 3 is 2.28 bits per heavy atom. The van der Waals surface area contributed by atoms with Crippen LogP contribution in [-0.2, 0) is 4.74 Å². The average Bonchev–Trinajstić information content (AvgIpc) is 2.68. The molecule has 3 rings (SSSR count). The Kier molecular flexibility index (Phi) is 6.11. The van der Waals surface area contributed by atoms with Crippen LogP contribution >= 0.6 is 0 Å². The van der Waals surface area contributed by atoms with Crippen molar-refractivity contribution in [3.63, 3.8) is 0 Å². The molecule has 6 nitrogen and oxygen atoms in total. The van der Waals surface area contributed by atoms with Gasteiger partial charge < -0.3 is 19.9 Å². The molecule has 2 aromatic rings. The Bertz CT molecular complexity index is 844. The molecule has 1 fully saturated rings. The topological polar surface area (TPSA) is 61.9 Å². The zero-order valence-electron chi connectivity index (χ0n) is 17.5. The van der Waals surface area contributed by atoms with Crippen molar-refractivity contribution in [1.82, 2.24) is 9.80 Å². The largest absolute Gasteiger partial charge is 0.444 e. The third-order valence-electron chi connectivity index (χ3n) is 4.78. The molecule has 1 N–H and O–H groups in total. The molecule has 0 spiro atoms. The molecule has 1 aliphatic rings. The van der Waals surface area contributed by atoms with E-state index in [0.29, 0.717) is 19.6 Å². The lowest BCUT2D eigenvalue weighted by molar-refractivity contribution is 0.00956. The number of ether oxygens (including phenoxy) is 1. The normalized spacial score (nSPS) is 17.0. The van der Waals surface area contributed by atoms with Crippen molar-refractivity contribution in [3.05, 3.63) is 65.7 Å². The second-order valence-corrected chi connectivity index (χ2v) is 8.34. The van der Waals surface area contributed by atoms with E-state index in [1.54, 1.807) is 9.80 Å². The van der Waals surface area contributed by atoms with E-state index in [1.165, 1.54) is 0 Å². The number of rotatable bonds is 2. The highest BCUT2D eigenvalue weighted by atomic mass is 16.6. The van der Waals surface area contributed by atoms with Crippen LogP contribution in [0.1, 0.15) is 37.9 Å². The fourth-order valence-electron chi connectivity index (χ4n) is 3.31. The van der Waals surface area contributed by atoms with E-state index in [9.17, 15) is 9.59 Å². The Morgan fingerprint density at radius 1 is 1.00 bits per heavy atom. The van der Waals surface area contributed by atoms with Crippen molar-refractivity contribution in [2.75, 3.05) is 25.0 Å². The van der Waals surface area contributed by atoms with Gasteiger partial charge in [-0.2, -0.15) is 0 Å². The molecule has 1 atom stereocenters. The number of nitrogens with zero attached hydrogens (tertiary/aromatic N) is 2. The lowest BCUT2D eigenvalue weighted by Gasteiger charge is -2.41. The van der Waals surface area contributed by atoms with Crippen LogP contribution in [0.2, 0.25) is 0 Å². The molecule has 2 aromatic carbocycles. The van der Waals surface area contributed by atoms with E-state index in [1.807, 2.05) is 82.3 Å². The Morgan fingerprint density at radius 2 is 1.66 bits per heavy atom. The number of carbonyl (C=O) groups excluding carboxylic acids is 2. The van der Waals surface area contributed by atoms with Gasteiger partial charge in [-0.3, -0.25) is 0 Å². The maximum absolute atomic E-state index is 13.0. The first kappa shape index (κ1) is 20.7. The van der Waals surface area contributed by atoms with Crippen LogP contribution in [0.25, 0.3) is 0 Å². The summed E-state index contributed by atoms with van der Waals surface area (Å²) in [6.07, 6.45) is -0.350. The van der Waals surface area contributed by atoms with E-state index in [0.717, 1.165) is 16.8 Å². The van der Waals surface area contributed by atoms with Crippen LogP contribution < -0.4 is 5.32 Å². The number of benzene rings is 2. The number of nitrogens with one attached hydrogen (secondary N) is 1. The molecule has 1 heterocycles. The number of urea groups is 1. The number of aryl methyl sites for hydroxylation is 1. The summed E-state index contributed by atoms with van der Waals surface area (Å²) in [7, 11) is 0. The van der Waals surface area contributed by atoms with Crippen LogP contribution in [0, 0.1) is 6.92 Å². The Hall–Kier alpha value is -3.02. The smallest absolute Gasteiger partial charge is 0.410 e. The summed E-state index contributed by atoms with van der Waals surface area (Å²) in [5.41, 5.74) is 2.32. The second kappa shape index (κ2) is 8.55. The van der Waals surface area contributed by atoms with Crippen LogP contribution in [0.4, 0.5) is 15.3 Å².